The van der Waals surface area contributed by atoms with Gasteiger partial charge in [0.2, 0.25) is 0 Å². The van der Waals surface area contributed by atoms with Gasteiger partial charge in [0.15, 0.2) is 0 Å². The Kier molecular flexibility index (Phi) is 10.4. The average Bonchev–Trinajstić information content (AvgIpc) is 2.94. The van der Waals surface area contributed by atoms with Crippen LogP contribution in [0.1, 0.15) is 55.8 Å². The molecule has 4 rings (SSSR count). The third kappa shape index (κ3) is 8.28. The molecule has 41 heavy (non-hydrogen) atoms. The fourth-order valence-corrected chi connectivity index (χ4v) is 6.64. The molecule has 6 nitrogen and oxygen atoms in total. The molecule has 3 aromatic rings. The first kappa shape index (κ1) is 31.4. The van der Waals surface area contributed by atoms with E-state index in [4.69, 9.17) is 16.3 Å². The van der Waals surface area contributed by atoms with Gasteiger partial charge in [0.25, 0.3) is 0 Å². The number of piperidine rings is 1. The van der Waals surface area contributed by atoms with E-state index >= 15 is 0 Å². The molecule has 1 fully saturated rings. The molecule has 0 aliphatic carbocycles. The quantitative estimate of drug-likeness (QED) is 0.163. The number of aliphatic hydroxyl groups excluding tert-OH is 1. The zero-order chi connectivity index (χ0) is 29.6. The number of hydrogen-bond acceptors (Lipinski definition) is 6. The molecule has 11 heteroatoms. The number of likely N-dealkylation sites (tertiary alicyclic amines) is 1. The van der Waals surface area contributed by atoms with E-state index in [2.05, 4.69) is 9.88 Å². The number of nitrogens with zero attached hydrogens (tertiary/aromatic N) is 2. The first-order chi connectivity index (χ1) is 19.5. The third-order valence-corrected chi connectivity index (χ3v) is 9.26. The van der Waals surface area contributed by atoms with Crippen LogP contribution in [0.25, 0.3) is 10.9 Å². The van der Waals surface area contributed by atoms with Gasteiger partial charge in [-0.1, -0.05) is 11.6 Å². The Labute approximate surface area is 246 Å². The van der Waals surface area contributed by atoms with Crippen LogP contribution in [0, 0.1) is 5.41 Å². The summed E-state index contributed by atoms with van der Waals surface area (Å²) in [6, 6.07) is 10.6. The molecule has 1 aliphatic heterocycles. The topological polar surface area (TPSA) is 82.9 Å². The molecule has 0 amide bonds. The van der Waals surface area contributed by atoms with Crippen LogP contribution in [0.4, 0.5) is 13.2 Å². The summed E-state index contributed by atoms with van der Waals surface area (Å²) in [5.74, 6) is 0.556. The van der Waals surface area contributed by atoms with Crippen molar-refractivity contribution in [3.8, 4) is 5.75 Å². The number of carboxylic acids is 1. The summed E-state index contributed by atoms with van der Waals surface area (Å²) in [7, 11) is 1.56. The van der Waals surface area contributed by atoms with Gasteiger partial charge < -0.3 is 19.8 Å². The number of carbonyl (C=O) groups is 1. The van der Waals surface area contributed by atoms with Crippen LogP contribution in [0.3, 0.4) is 0 Å². The summed E-state index contributed by atoms with van der Waals surface area (Å²) in [6.07, 6.45) is -0.464. The lowest BCUT2D eigenvalue weighted by atomic mass is 9.71. The van der Waals surface area contributed by atoms with Crippen LogP contribution in [0.2, 0.25) is 5.02 Å². The Morgan fingerprint density at radius 2 is 1.90 bits per heavy atom. The number of hydrogen-bond donors (Lipinski definition) is 2. The molecule has 1 aromatic heterocycles. The Hall–Kier alpha value is -2.53. The van der Waals surface area contributed by atoms with E-state index in [1.807, 2.05) is 6.07 Å². The first-order valence-electron chi connectivity index (χ1n) is 13.5. The van der Waals surface area contributed by atoms with Gasteiger partial charge in [0, 0.05) is 22.0 Å². The van der Waals surface area contributed by atoms with Gasteiger partial charge in [-0.2, -0.15) is 13.2 Å². The summed E-state index contributed by atoms with van der Waals surface area (Å²) in [4.78, 5) is 19.3. The number of methoxy groups -OCH3 is 1. The molecular weight excluding hydrogens is 577 g/mol. The monoisotopic (exact) mass is 610 g/mol. The van der Waals surface area contributed by atoms with Crippen molar-refractivity contribution in [1.29, 1.82) is 0 Å². The van der Waals surface area contributed by atoms with Gasteiger partial charge in [-0.25, -0.2) is 0 Å². The van der Waals surface area contributed by atoms with Gasteiger partial charge in [-0.3, -0.25) is 9.78 Å². The Morgan fingerprint density at radius 1 is 1.20 bits per heavy atom. The SMILES string of the molecule is COc1ccc2ncc(Cl)c([C@@H](O)CCC3(CC(=O)O)CCN(CCCSc4ccc(C(F)(F)F)cc4)CC3)c2c1. The van der Waals surface area contributed by atoms with Gasteiger partial charge in [-0.15, -0.1) is 11.8 Å². The van der Waals surface area contributed by atoms with E-state index in [1.54, 1.807) is 19.2 Å². The van der Waals surface area contributed by atoms with E-state index in [0.29, 0.717) is 52.9 Å². The van der Waals surface area contributed by atoms with E-state index in [-0.39, 0.29) is 6.42 Å². The lowest BCUT2D eigenvalue weighted by Gasteiger charge is -2.41. The maximum atomic E-state index is 12.8. The van der Waals surface area contributed by atoms with Crippen LogP contribution < -0.4 is 4.74 Å². The lowest BCUT2D eigenvalue weighted by Crippen LogP contribution is -2.41. The smallest absolute Gasteiger partial charge is 0.416 e. The summed E-state index contributed by atoms with van der Waals surface area (Å²) in [5, 5.41) is 22.0. The average molecular weight is 611 g/mol. The second-order valence-corrected chi connectivity index (χ2v) is 12.2. The molecule has 2 aromatic carbocycles. The van der Waals surface area contributed by atoms with Crippen molar-refractivity contribution in [3.05, 3.63) is 64.8 Å². The summed E-state index contributed by atoms with van der Waals surface area (Å²) in [6.45, 7) is 2.34. The van der Waals surface area contributed by atoms with Crippen LogP contribution in [0.15, 0.2) is 53.6 Å². The second-order valence-electron chi connectivity index (χ2n) is 10.6. The highest BCUT2D eigenvalue weighted by atomic mass is 35.5. The predicted molar refractivity (Wildman–Crippen MR) is 155 cm³/mol. The van der Waals surface area contributed by atoms with Crippen molar-refractivity contribution in [1.82, 2.24) is 9.88 Å². The maximum Gasteiger partial charge on any atom is 0.416 e. The summed E-state index contributed by atoms with van der Waals surface area (Å²) < 4.78 is 43.6. The Bertz CT molecular complexity index is 1330. The third-order valence-electron chi connectivity index (χ3n) is 7.86. The molecule has 0 unspecified atom stereocenters. The lowest BCUT2D eigenvalue weighted by molar-refractivity contribution is -0.141. The molecular formula is C30H34ClF3N2O4S. The highest BCUT2D eigenvalue weighted by Gasteiger charge is 2.37. The highest BCUT2D eigenvalue weighted by Crippen LogP contribution is 2.43. The van der Waals surface area contributed by atoms with Gasteiger partial charge >= 0.3 is 12.1 Å². The number of halogens is 4. The number of aliphatic carboxylic acids is 1. The van der Waals surface area contributed by atoms with E-state index in [1.165, 1.54) is 30.1 Å². The number of carboxylic acid groups (broad SMARTS) is 1. The molecule has 2 N–H and O–H groups in total. The van der Waals surface area contributed by atoms with Crippen molar-refractivity contribution in [2.75, 3.05) is 32.5 Å². The molecule has 0 bridgehead atoms. The van der Waals surface area contributed by atoms with Crippen molar-refractivity contribution < 1.29 is 32.9 Å². The molecule has 0 radical (unpaired) electrons. The van der Waals surface area contributed by atoms with E-state index in [9.17, 15) is 28.2 Å². The molecule has 222 valence electrons. The maximum absolute atomic E-state index is 12.8. The van der Waals surface area contributed by atoms with Crippen molar-refractivity contribution in [2.45, 2.75) is 55.7 Å². The van der Waals surface area contributed by atoms with Crippen molar-refractivity contribution >= 4 is 40.2 Å². The summed E-state index contributed by atoms with van der Waals surface area (Å²) >= 11 is 7.99. The number of aromatic nitrogens is 1. The van der Waals surface area contributed by atoms with E-state index in [0.717, 1.165) is 48.8 Å². The van der Waals surface area contributed by atoms with Crippen LogP contribution in [0.5, 0.6) is 5.75 Å². The predicted octanol–water partition coefficient (Wildman–Crippen LogP) is 7.47. The summed E-state index contributed by atoms with van der Waals surface area (Å²) in [5.41, 5.74) is 0.189. The van der Waals surface area contributed by atoms with Crippen LogP contribution in [-0.4, -0.2) is 58.6 Å². The molecule has 0 spiro atoms. The van der Waals surface area contributed by atoms with Gasteiger partial charge in [0.05, 0.1) is 35.7 Å². The number of alkyl halides is 3. The standard InChI is InChI=1S/C30H34ClF3N2O4S/c1-40-21-5-8-25-23(17-21)28(24(31)19-35-25)26(37)9-10-29(18-27(38)39)11-14-36(15-12-29)13-2-16-41-22-6-3-20(4-7-22)30(32,33)34/h3-8,17,19,26,37H,2,9-16,18H2,1H3,(H,38,39)/t26-/m0/s1. The normalized spacial score (nSPS) is 16.5. The number of ether oxygens (including phenoxy) is 1. The number of rotatable bonds is 12. The number of pyridine rings is 1. The fourth-order valence-electron chi connectivity index (χ4n) is 5.53. The minimum Gasteiger partial charge on any atom is -0.497 e. The fraction of sp³-hybridized carbons (Fsp3) is 0.467. The molecule has 1 atom stereocenters. The van der Waals surface area contributed by atoms with Crippen molar-refractivity contribution in [3.63, 3.8) is 0 Å². The molecule has 1 saturated heterocycles. The highest BCUT2D eigenvalue weighted by molar-refractivity contribution is 7.99. The van der Waals surface area contributed by atoms with Crippen molar-refractivity contribution in [2.24, 2.45) is 5.41 Å². The zero-order valence-corrected chi connectivity index (χ0v) is 24.4. The Morgan fingerprint density at radius 3 is 2.54 bits per heavy atom. The molecule has 2 heterocycles. The molecule has 1 aliphatic rings. The number of aliphatic hydroxyl groups is 1. The first-order valence-corrected chi connectivity index (χ1v) is 14.9. The second kappa shape index (κ2) is 13.6. The minimum absolute atomic E-state index is 0.0377. The number of thioether (sulfide) groups is 1. The number of benzene rings is 2. The Balaban J connectivity index is 1.31. The zero-order valence-electron chi connectivity index (χ0n) is 22.8. The molecule has 0 saturated carbocycles. The largest absolute Gasteiger partial charge is 0.497 e. The number of fused-ring (bicyclic) bond motifs is 1. The van der Waals surface area contributed by atoms with Gasteiger partial charge in [0.1, 0.15) is 5.75 Å². The minimum atomic E-state index is -4.33. The van der Waals surface area contributed by atoms with Crippen LogP contribution >= 0.6 is 23.4 Å². The van der Waals surface area contributed by atoms with Gasteiger partial charge in [-0.05, 0) is 105 Å². The van der Waals surface area contributed by atoms with E-state index < -0.39 is 29.2 Å². The van der Waals surface area contributed by atoms with Crippen LogP contribution in [-0.2, 0) is 11.0 Å².